The maximum atomic E-state index is 12.8. The molecule has 0 bridgehead atoms. The largest absolute Gasteiger partial charge is 0.433 e. The number of nitrogens with zero attached hydrogens (tertiary/aromatic N) is 5. The third kappa shape index (κ3) is 4.85. The number of halogens is 3. The number of piperazine rings is 1. The molecule has 4 rings (SSSR count). The van der Waals surface area contributed by atoms with Crippen LogP contribution in [0, 0.1) is 0 Å². The first-order valence-corrected chi connectivity index (χ1v) is 10.4. The Bertz CT molecular complexity index is 984. The van der Waals surface area contributed by atoms with Crippen LogP contribution in [-0.2, 0) is 6.18 Å². The summed E-state index contributed by atoms with van der Waals surface area (Å²) in [4.78, 5) is 17.1. The van der Waals surface area contributed by atoms with E-state index in [0.29, 0.717) is 17.3 Å². The molecular weight excluding hydrogens is 403 g/mol. The summed E-state index contributed by atoms with van der Waals surface area (Å²) in [7, 11) is 0. The topological polar surface area (TPSA) is 45.2 Å². The van der Waals surface area contributed by atoms with Crippen molar-refractivity contribution in [2.45, 2.75) is 25.6 Å². The summed E-state index contributed by atoms with van der Waals surface area (Å²) in [5.74, 6) is 0.727. The molecule has 5 nitrogen and oxygen atoms in total. The minimum absolute atomic E-state index is 0.388. The fourth-order valence-corrected chi connectivity index (χ4v) is 4.00. The van der Waals surface area contributed by atoms with Crippen LogP contribution in [0.4, 0.5) is 19.0 Å². The highest BCUT2D eigenvalue weighted by molar-refractivity contribution is 5.59. The smallest absolute Gasteiger partial charge is 0.353 e. The summed E-state index contributed by atoms with van der Waals surface area (Å²) in [5, 5.41) is 0. The van der Waals surface area contributed by atoms with E-state index >= 15 is 0 Å². The summed E-state index contributed by atoms with van der Waals surface area (Å²) in [5.41, 5.74) is 1.43. The van der Waals surface area contributed by atoms with Crippen LogP contribution >= 0.6 is 0 Å². The van der Waals surface area contributed by atoms with Crippen molar-refractivity contribution >= 4 is 5.82 Å². The summed E-state index contributed by atoms with van der Waals surface area (Å²) in [6.07, 6.45) is 1.03. The van der Waals surface area contributed by atoms with Crippen LogP contribution in [-0.4, -0.2) is 46.0 Å². The van der Waals surface area contributed by atoms with Gasteiger partial charge in [-0.05, 0) is 24.1 Å². The van der Waals surface area contributed by atoms with Crippen molar-refractivity contribution in [3.05, 3.63) is 72.3 Å². The Kier molecular flexibility index (Phi) is 6.18. The number of benzene rings is 1. The fourth-order valence-electron chi connectivity index (χ4n) is 4.00. The van der Waals surface area contributed by atoms with Crippen molar-refractivity contribution in [2.24, 2.45) is 0 Å². The number of rotatable bonds is 5. The van der Waals surface area contributed by atoms with Gasteiger partial charge in [0.2, 0.25) is 0 Å². The number of hydrogen-bond donors (Lipinski definition) is 0. The minimum Gasteiger partial charge on any atom is -0.353 e. The molecule has 1 aliphatic rings. The van der Waals surface area contributed by atoms with Crippen molar-refractivity contribution < 1.29 is 13.2 Å². The molecule has 0 spiro atoms. The first kappa shape index (κ1) is 21.2. The van der Waals surface area contributed by atoms with Gasteiger partial charge in [0.25, 0.3) is 0 Å². The Morgan fingerprint density at radius 2 is 1.68 bits per heavy atom. The van der Waals surface area contributed by atoms with Crippen LogP contribution in [0.2, 0.25) is 0 Å². The van der Waals surface area contributed by atoms with Crippen molar-refractivity contribution in [3.8, 4) is 11.3 Å². The zero-order valence-electron chi connectivity index (χ0n) is 17.3. The lowest BCUT2D eigenvalue weighted by molar-refractivity contribution is -0.141. The molecule has 1 unspecified atom stereocenters. The van der Waals surface area contributed by atoms with Gasteiger partial charge in [0, 0.05) is 44.0 Å². The molecule has 31 heavy (non-hydrogen) atoms. The van der Waals surface area contributed by atoms with Gasteiger partial charge in [0.1, 0.15) is 11.5 Å². The lowest BCUT2D eigenvalue weighted by Gasteiger charge is -2.39. The Labute approximate surface area is 179 Å². The quantitative estimate of drug-likeness (QED) is 0.584. The van der Waals surface area contributed by atoms with E-state index in [0.717, 1.165) is 44.5 Å². The molecule has 1 aromatic carbocycles. The van der Waals surface area contributed by atoms with E-state index in [1.807, 2.05) is 6.07 Å². The summed E-state index contributed by atoms with van der Waals surface area (Å²) < 4.78 is 38.3. The summed E-state index contributed by atoms with van der Waals surface area (Å²) in [6, 6.07) is 13.3. The Balaban J connectivity index is 1.45. The molecule has 0 aliphatic carbocycles. The van der Waals surface area contributed by atoms with Gasteiger partial charge in [0.15, 0.2) is 0 Å². The van der Waals surface area contributed by atoms with E-state index in [1.54, 1.807) is 12.4 Å². The van der Waals surface area contributed by atoms with E-state index in [9.17, 15) is 13.2 Å². The van der Waals surface area contributed by atoms with Crippen molar-refractivity contribution in [1.29, 1.82) is 0 Å². The molecule has 0 radical (unpaired) electrons. The molecule has 1 saturated heterocycles. The maximum Gasteiger partial charge on any atom is 0.433 e. The lowest BCUT2D eigenvalue weighted by Crippen LogP contribution is -2.47. The third-order valence-electron chi connectivity index (χ3n) is 5.62. The molecule has 162 valence electrons. The van der Waals surface area contributed by atoms with Crippen LogP contribution in [0.5, 0.6) is 0 Å². The Morgan fingerprint density at radius 1 is 0.935 bits per heavy atom. The molecule has 0 N–H and O–H groups in total. The SMILES string of the molecule is CCC(c1ccccc1)N1CCN(c2cncc(-c3ccc(C(F)(F)F)nc3)n2)CC1. The van der Waals surface area contributed by atoms with E-state index < -0.39 is 11.9 Å². The van der Waals surface area contributed by atoms with Gasteiger partial charge in [-0.25, -0.2) is 4.98 Å². The van der Waals surface area contributed by atoms with Gasteiger partial charge in [-0.1, -0.05) is 37.3 Å². The average Bonchev–Trinajstić information content (AvgIpc) is 2.80. The molecule has 8 heteroatoms. The van der Waals surface area contributed by atoms with Crippen molar-refractivity contribution in [1.82, 2.24) is 19.9 Å². The molecule has 1 fully saturated rings. The predicted molar refractivity (Wildman–Crippen MR) is 114 cm³/mol. The van der Waals surface area contributed by atoms with E-state index in [-0.39, 0.29) is 0 Å². The molecular formula is C23H24F3N5. The molecule has 3 heterocycles. The number of aromatic nitrogens is 3. The third-order valence-corrected chi connectivity index (χ3v) is 5.62. The summed E-state index contributed by atoms with van der Waals surface area (Å²) in [6.45, 7) is 5.64. The molecule has 3 aromatic rings. The van der Waals surface area contributed by atoms with E-state index in [2.05, 4.69) is 55.9 Å². The van der Waals surface area contributed by atoms with E-state index in [4.69, 9.17) is 0 Å². The second kappa shape index (κ2) is 9.01. The number of alkyl halides is 3. The standard InChI is InChI=1S/C23H24F3N5/c1-2-20(17-6-4-3-5-7-17)30-10-12-31(13-11-30)22-16-27-15-19(29-22)18-8-9-21(28-14-18)23(24,25)26/h3-9,14-16,20H,2,10-13H2,1H3. The monoisotopic (exact) mass is 427 g/mol. The Morgan fingerprint density at radius 3 is 2.29 bits per heavy atom. The van der Waals surface area contributed by atoms with Gasteiger partial charge in [-0.2, -0.15) is 13.2 Å². The van der Waals surface area contributed by atoms with Crippen molar-refractivity contribution in [3.63, 3.8) is 0 Å². The second-order valence-electron chi connectivity index (χ2n) is 7.55. The normalized spacial score (nSPS) is 16.3. The van der Waals surface area contributed by atoms with Gasteiger partial charge in [0.05, 0.1) is 18.1 Å². The van der Waals surface area contributed by atoms with Gasteiger partial charge < -0.3 is 4.90 Å². The first-order chi connectivity index (χ1) is 15.0. The highest BCUT2D eigenvalue weighted by Gasteiger charge is 2.32. The number of anilines is 1. The lowest BCUT2D eigenvalue weighted by atomic mass is 10.0. The van der Waals surface area contributed by atoms with E-state index in [1.165, 1.54) is 17.8 Å². The first-order valence-electron chi connectivity index (χ1n) is 10.4. The minimum atomic E-state index is -4.46. The molecule has 0 amide bonds. The molecule has 1 atom stereocenters. The predicted octanol–water partition coefficient (Wildman–Crippen LogP) is 4.83. The van der Waals surface area contributed by atoms with Gasteiger partial charge in [-0.15, -0.1) is 0 Å². The highest BCUT2D eigenvalue weighted by atomic mass is 19.4. The maximum absolute atomic E-state index is 12.8. The highest BCUT2D eigenvalue weighted by Crippen LogP contribution is 2.29. The molecule has 2 aromatic heterocycles. The van der Waals surface area contributed by atoms with Crippen molar-refractivity contribution in [2.75, 3.05) is 31.1 Å². The van der Waals surface area contributed by atoms with Crippen LogP contribution in [0.3, 0.4) is 0 Å². The second-order valence-corrected chi connectivity index (χ2v) is 7.55. The van der Waals surface area contributed by atoms with Crippen LogP contribution < -0.4 is 4.90 Å². The summed E-state index contributed by atoms with van der Waals surface area (Å²) >= 11 is 0. The number of pyridine rings is 1. The van der Waals surface area contributed by atoms with Crippen LogP contribution in [0.25, 0.3) is 11.3 Å². The fraction of sp³-hybridized carbons (Fsp3) is 0.348. The molecule has 0 saturated carbocycles. The van der Waals surface area contributed by atoms with Gasteiger partial charge >= 0.3 is 6.18 Å². The molecule has 1 aliphatic heterocycles. The number of hydrogen-bond acceptors (Lipinski definition) is 5. The van der Waals surface area contributed by atoms with Crippen LogP contribution in [0.1, 0.15) is 30.6 Å². The van der Waals surface area contributed by atoms with Crippen LogP contribution in [0.15, 0.2) is 61.1 Å². The zero-order valence-corrected chi connectivity index (χ0v) is 17.3. The average molecular weight is 427 g/mol. The zero-order chi connectivity index (χ0) is 21.8. The van der Waals surface area contributed by atoms with Gasteiger partial charge in [-0.3, -0.25) is 14.9 Å². The Hall–Kier alpha value is -3.00.